The van der Waals surface area contributed by atoms with Crippen molar-refractivity contribution in [2.45, 2.75) is 96.3 Å². The van der Waals surface area contributed by atoms with E-state index >= 15 is 4.39 Å². The number of phenols is 1. The topological polar surface area (TPSA) is 160 Å². The van der Waals surface area contributed by atoms with Crippen molar-refractivity contribution in [3.8, 4) is 23.0 Å². The van der Waals surface area contributed by atoms with Crippen LogP contribution in [0.3, 0.4) is 0 Å². The van der Waals surface area contributed by atoms with Gasteiger partial charge >= 0.3 is 6.01 Å². The zero-order valence-electron chi connectivity index (χ0n) is 40.3. The zero-order valence-corrected chi connectivity index (χ0v) is 40.3. The lowest BCUT2D eigenvalue weighted by atomic mass is 9.79. The number of halogens is 1. The second-order valence-electron chi connectivity index (χ2n) is 21.8. The molecule has 3 atom stereocenters. The van der Waals surface area contributed by atoms with Crippen LogP contribution in [0.5, 0.6) is 11.8 Å². The van der Waals surface area contributed by atoms with Gasteiger partial charge in [0.05, 0.1) is 12.0 Å². The van der Waals surface area contributed by atoms with Gasteiger partial charge in [-0.2, -0.15) is 9.97 Å². The molecule has 0 radical (unpaired) electrons. The summed E-state index contributed by atoms with van der Waals surface area (Å²) in [6.45, 7) is 14.8. The van der Waals surface area contributed by atoms with E-state index in [1.54, 1.807) is 23.2 Å². The van der Waals surface area contributed by atoms with Gasteiger partial charge < -0.3 is 34.8 Å². The third-order valence-corrected chi connectivity index (χ3v) is 16.8. The van der Waals surface area contributed by atoms with Crippen LogP contribution in [0.25, 0.3) is 32.9 Å². The summed E-state index contributed by atoms with van der Waals surface area (Å²) in [6.07, 6.45) is 9.65. The Morgan fingerprint density at radius 2 is 1.63 bits per heavy atom. The Balaban J connectivity index is 0.687. The minimum absolute atomic E-state index is 0.00373. The van der Waals surface area contributed by atoms with Crippen LogP contribution in [0.1, 0.15) is 86.7 Å². The number of aromatic hydroxyl groups is 1. The number of ether oxygens (including phenoxy) is 1. The van der Waals surface area contributed by atoms with E-state index in [1.807, 2.05) is 30.3 Å². The van der Waals surface area contributed by atoms with Crippen LogP contribution < -0.4 is 25.2 Å². The summed E-state index contributed by atoms with van der Waals surface area (Å²) in [5.74, 6) is -0.626. The number of pyridine rings is 1. The second kappa shape index (κ2) is 17.7. The lowest BCUT2D eigenvalue weighted by Gasteiger charge is -2.45. The number of piperidine rings is 2. The van der Waals surface area contributed by atoms with E-state index in [4.69, 9.17) is 19.7 Å². The molecule has 2 aromatic heterocycles. The van der Waals surface area contributed by atoms with E-state index in [9.17, 15) is 19.5 Å². The maximum atomic E-state index is 17.2. The monoisotopic (exact) mass is 950 g/mol. The predicted octanol–water partition coefficient (Wildman–Crippen LogP) is 6.04. The lowest BCUT2D eigenvalue weighted by molar-refractivity contribution is -0.136. The summed E-state index contributed by atoms with van der Waals surface area (Å²) in [4.78, 5) is 63.6. The Labute approximate surface area is 407 Å². The van der Waals surface area contributed by atoms with Gasteiger partial charge in [-0.3, -0.25) is 29.6 Å². The number of hydrogen-bond acceptors (Lipinski definition) is 13. The van der Waals surface area contributed by atoms with E-state index < -0.39 is 11.9 Å². The van der Waals surface area contributed by atoms with E-state index in [1.165, 1.54) is 0 Å². The minimum atomic E-state index is -0.610. The Morgan fingerprint density at radius 3 is 2.37 bits per heavy atom. The van der Waals surface area contributed by atoms with Gasteiger partial charge in [0.1, 0.15) is 28.8 Å². The van der Waals surface area contributed by atoms with E-state index in [2.05, 4.69) is 50.1 Å². The van der Waals surface area contributed by atoms with Crippen LogP contribution in [-0.2, 0) is 22.6 Å². The number of likely N-dealkylation sites (tertiary alicyclic amines) is 1. The summed E-state index contributed by atoms with van der Waals surface area (Å²) < 4.78 is 23.8. The Kier molecular flexibility index (Phi) is 11.4. The van der Waals surface area contributed by atoms with Crippen molar-refractivity contribution in [3.05, 3.63) is 77.2 Å². The standard InChI is InChI=1S/C54H63FN10O5/c1-3-33-5-4-6-34-24-39(66)25-41(45(33)34)47-46(55)48-42(26-56-47)49(64-28-36-7-8-37(29-64)57-36)60-52(59-48)70-32-54(13-14-54)31-61-17-15-53(2,16-18-61)30-62-19-21-63(22-20-62)38-9-10-40-35(23-38)27-65(51(40)69)43-11-12-44(67)58-50(43)68/h4-6,9-10,23-26,36-37,43,57,66H,3,7-8,11-22,27-32H2,1-2H3,(H,58,67,68)/t36?,37?,43-/m0/s1. The van der Waals surface area contributed by atoms with Crippen LogP contribution in [0.4, 0.5) is 15.9 Å². The molecule has 7 aliphatic rings. The number of carbonyl (C=O) groups excluding carboxylic acids is 3. The van der Waals surface area contributed by atoms with Crippen molar-refractivity contribution in [2.24, 2.45) is 10.8 Å². The number of benzene rings is 3. The number of rotatable bonds is 12. The number of carbonyl (C=O) groups is 3. The minimum Gasteiger partial charge on any atom is -0.508 e. The molecule has 70 heavy (non-hydrogen) atoms. The molecule has 8 heterocycles. The fraction of sp³-hybridized carbons (Fsp3) is 0.519. The number of hydrogen-bond donors (Lipinski definition) is 3. The number of amides is 3. The van der Waals surface area contributed by atoms with Crippen LogP contribution in [0.2, 0.25) is 0 Å². The zero-order chi connectivity index (χ0) is 47.9. The number of aryl methyl sites for hydroxylation is 1. The van der Waals surface area contributed by atoms with Crippen LogP contribution in [-0.4, -0.2) is 143 Å². The van der Waals surface area contributed by atoms with Gasteiger partial charge in [-0.25, -0.2) is 4.39 Å². The summed E-state index contributed by atoms with van der Waals surface area (Å²) in [7, 11) is 0. The molecule has 5 aromatic rings. The number of nitrogens with zero attached hydrogens (tertiary/aromatic N) is 8. The maximum absolute atomic E-state index is 17.2. The van der Waals surface area contributed by atoms with Gasteiger partial charge in [-0.1, -0.05) is 32.0 Å². The highest BCUT2D eigenvalue weighted by Gasteiger charge is 2.47. The first-order chi connectivity index (χ1) is 33.9. The van der Waals surface area contributed by atoms with Crippen molar-refractivity contribution in [1.29, 1.82) is 0 Å². The molecule has 3 amide bonds. The van der Waals surface area contributed by atoms with Gasteiger partial charge in [-0.05, 0) is 122 Å². The molecule has 15 nitrogen and oxygen atoms in total. The van der Waals surface area contributed by atoms with Gasteiger partial charge in [0.2, 0.25) is 11.8 Å². The first-order valence-corrected chi connectivity index (χ1v) is 25.6. The number of phenolic OH excluding ortho intramolecular Hbond substituents is 1. The number of aromatic nitrogens is 3. The number of fused-ring (bicyclic) bond motifs is 5. The number of piperazine rings is 2. The molecule has 1 aliphatic carbocycles. The molecule has 5 saturated heterocycles. The number of anilines is 2. The molecule has 2 bridgehead atoms. The summed E-state index contributed by atoms with van der Waals surface area (Å²) in [5.41, 5.74) is 4.85. The van der Waals surface area contributed by atoms with Gasteiger partial charge in [-0.15, -0.1) is 0 Å². The Bertz CT molecular complexity index is 2900. The highest BCUT2D eigenvalue weighted by atomic mass is 19.1. The van der Waals surface area contributed by atoms with Crippen molar-refractivity contribution in [3.63, 3.8) is 0 Å². The maximum Gasteiger partial charge on any atom is 0.319 e. The van der Waals surface area contributed by atoms with Gasteiger partial charge in [0, 0.05) is 106 Å². The Morgan fingerprint density at radius 1 is 0.857 bits per heavy atom. The molecule has 3 aromatic carbocycles. The Hall–Kier alpha value is -5.97. The largest absolute Gasteiger partial charge is 0.508 e. The molecule has 2 unspecified atom stereocenters. The molecule has 6 fully saturated rings. The van der Waals surface area contributed by atoms with E-state index in [0.29, 0.717) is 54.0 Å². The SMILES string of the molecule is CCc1cccc2cc(O)cc(-c3ncc4c(N5CC6CCC(C5)N6)nc(OCC5(CN6CCC(C)(CN7CCN(c8ccc9c(c8)CN([C@H]8CCC(=O)NC8=O)C9=O)CC7)CC6)CC5)nc4c3F)c12. The van der Waals surface area contributed by atoms with Gasteiger partial charge in [0.15, 0.2) is 5.82 Å². The first kappa shape index (κ1) is 45.2. The van der Waals surface area contributed by atoms with Crippen molar-refractivity contribution < 1.29 is 28.6 Å². The van der Waals surface area contributed by atoms with Crippen LogP contribution >= 0.6 is 0 Å². The predicted molar refractivity (Wildman–Crippen MR) is 266 cm³/mol. The fourth-order valence-corrected chi connectivity index (χ4v) is 12.5. The normalized spacial score (nSPS) is 24.4. The van der Waals surface area contributed by atoms with Gasteiger partial charge in [0.25, 0.3) is 5.91 Å². The van der Waals surface area contributed by atoms with Crippen LogP contribution in [0, 0.1) is 16.6 Å². The molecular formula is C54H63FN10O5. The van der Waals surface area contributed by atoms with Crippen LogP contribution in [0.15, 0.2) is 54.7 Å². The van der Waals surface area contributed by atoms with E-state index in [-0.39, 0.29) is 57.9 Å². The molecule has 1 saturated carbocycles. The van der Waals surface area contributed by atoms with Crippen molar-refractivity contribution in [2.75, 3.05) is 81.9 Å². The molecule has 366 valence electrons. The van der Waals surface area contributed by atoms with E-state index in [0.717, 1.165) is 138 Å². The molecule has 0 spiro atoms. The quantitative estimate of drug-likeness (QED) is 0.125. The summed E-state index contributed by atoms with van der Waals surface area (Å²) >= 11 is 0. The van der Waals surface area contributed by atoms with Crippen molar-refractivity contribution >= 4 is 50.9 Å². The molecular weight excluding hydrogens is 888 g/mol. The molecule has 12 rings (SSSR count). The number of nitrogens with one attached hydrogen (secondary N) is 2. The lowest BCUT2D eigenvalue weighted by Crippen LogP contribution is -2.52. The highest BCUT2D eigenvalue weighted by molar-refractivity contribution is 6.06. The fourth-order valence-electron chi connectivity index (χ4n) is 12.5. The third-order valence-electron chi connectivity index (χ3n) is 16.8. The molecule has 3 N–H and O–H groups in total. The number of imide groups is 1. The average molecular weight is 951 g/mol. The molecule has 6 aliphatic heterocycles. The molecule has 16 heteroatoms. The summed E-state index contributed by atoms with van der Waals surface area (Å²) in [6, 6.07) is 15.6. The highest BCUT2D eigenvalue weighted by Crippen LogP contribution is 2.48. The average Bonchev–Trinajstić information content (AvgIpc) is 3.94. The third kappa shape index (κ3) is 8.48. The smallest absolute Gasteiger partial charge is 0.319 e. The van der Waals surface area contributed by atoms with Crippen molar-refractivity contribution in [1.82, 2.24) is 40.3 Å². The summed E-state index contributed by atoms with van der Waals surface area (Å²) in [5, 5.41) is 19.2. The second-order valence-corrected chi connectivity index (χ2v) is 21.8. The first-order valence-electron chi connectivity index (χ1n) is 25.6.